The zero-order valence-corrected chi connectivity index (χ0v) is 19.5. The summed E-state index contributed by atoms with van der Waals surface area (Å²) in [5.74, 6) is 2.14. The van der Waals surface area contributed by atoms with Crippen molar-refractivity contribution >= 4 is 45.6 Å². The Kier molecular flexibility index (Phi) is 7.42. The molecule has 4 rings (SSSR count). The molecule has 0 unspecified atom stereocenters. The van der Waals surface area contributed by atoms with E-state index in [1.807, 2.05) is 55.5 Å². The largest absolute Gasteiger partial charge is 0.497 e. The predicted molar refractivity (Wildman–Crippen MR) is 136 cm³/mol. The fourth-order valence-electron chi connectivity index (χ4n) is 3.55. The first-order valence-electron chi connectivity index (χ1n) is 10.9. The average Bonchev–Trinajstić information content (AvgIpc) is 2.81. The summed E-state index contributed by atoms with van der Waals surface area (Å²) < 4.78 is 5.34. The van der Waals surface area contributed by atoms with Gasteiger partial charge in [-0.05, 0) is 67.8 Å². The maximum atomic E-state index is 6.07. The quantitative estimate of drug-likeness (QED) is 0.247. The van der Waals surface area contributed by atoms with Gasteiger partial charge in [-0.25, -0.2) is 4.98 Å². The zero-order valence-electron chi connectivity index (χ0n) is 18.7. The number of hydrogen-bond acceptors (Lipinski definition) is 7. The van der Waals surface area contributed by atoms with E-state index in [0.29, 0.717) is 11.0 Å². The molecule has 3 N–H and O–H groups in total. The third-order valence-corrected chi connectivity index (χ3v) is 5.36. The maximum Gasteiger partial charge on any atom is 0.224 e. The van der Waals surface area contributed by atoms with Gasteiger partial charge in [-0.1, -0.05) is 11.6 Å². The molecular weight excluding hydrogens is 436 g/mol. The lowest BCUT2D eigenvalue weighted by molar-refractivity contribution is 0.414. The van der Waals surface area contributed by atoms with E-state index in [1.165, 1.54) is 0 Å². The van der Waals surface area contributed by atoms with Gasteiger partial charge < -0.3 is 20.7 Å². The molecule has 0 amide bonds. The highest BCUT2D eigenvalue weighted by Crippen LogP contribution is 2.25. The van der Waals surface area contributed by atoms with Gasteiger partial charge in [-0.15, -0.1) is 0 Å². The van der Waals surface area contributed by atoms with Crippen molar-refractivity contribution in [3.8, 4) is 5.75 Å². The smallest absolute Gasteiger partial charge is 0.224 e. The molecule has 0 aliphatic carbocycles. The van der Waals surface area contributed by atoms with Crippen LogP contribution in [-0.2, 0) is 0 Å². The van der Waals surface area contributed by atoms with Crippen molar-refractivity contribution in [1.82, 2.24) is 15.0 Å². The number of nitrogens with one attached hydrogen (secondary N) is 3. The van der Waals surface area contributed by atoms with E-state index in [1.54, 1.807) is 19.5 Å². The van der Waals surface area contributed by atoms with Gasteiger partial charge in [0, 0.05) is 53.3 Å². The number of halogens is 1. The van der Waals surface area contributed by atoms with Crippen LogP contribution in [-0.4, -0.2) is 35.2 Å². The summed E-state index contributed by atoms with van der Waals surface area (Å²) in [6.45, 7) is 3.68. The Balaban J connectivity index is 1.24. The van der Waals surface area contributed by atoms with Crippen molar-refractivity contribution in [1.29, 1.82) is 0 Å². The Morgan fingerprint density at radius 1 is 0.909 bits per heavy atom. The first kappa shape index (κ1) is 22.6. The van der Waals surface area contributed by atoms with Crippen LogP contribution in [0.25, 0.3) is 10.9 Å². The number of rotatable bonds is 10. The lowest BCUT2D eigenvalue weighted by Gasteiger charge is -2.11. The molecule has 33 heavy (non-hydrogen) atoms. The Morgan fingerprint density at radius 2 is 1.73 bits per heavy atom. The van der Waals surface area contributed by atoms with Crippen molar-refractivity contribution in [2.24, 2.45) is 0 Å². The molecule has 0 aliphatic heterocycles. The molecule has 8 heteroatoms. The number of pyridine rings is 1. The number of anilines is 4. The second kappa shape index (κ2) is 10.8. The number of nitrogens with zero attached hydrogens (tertiary/aromatic N) is 3. The normalized spacial score (nSPS) is 10.8. The molecule has 2 aromatic heterocycles. The van der Waals surface area contributed by atoms with Crippen LogP contribution in [0.4, 0.5) is 23.1 Å². The molecule has 0 spiro atoms. The monoisotopic (exact) mass is 462 g/mol. The Morgan fingerprint density at radius 3 is 2.58 bits per heavy atom. The Hall–Kier alpha value is -3.58. The molecule has 2 heterocycles. The van der Waals surface area contributed by atoms with Gasteiger partial charge in [0.25, 0.3) is 0 Å². The van der Waals surface area contributed by atoms with E-state index in [2.05, 4.69) is 30.9 Å². The first-order chi connectivity index (χ1) is 16.1. The highest BCUT2D eigenvalue weighted by molar-refractivity contribution is 6.31. The third-order valence-electron chi connectivity index (χ3n) is 5.12. The second-order valence-electron chi connectivity index (χ2n) is 7.71. The molecule has 0 bridgehead atoms. The highest BCUT2D eigenvalue weighted by atomic mass is 35.5. The minimum absolute atomic E-state index is 0.601. The third kappa shape index (κ3) is 6.23. The average molecular weight is 463 g/mol. The van der Waals surface area contributed by atoms with Gasteiger partial charge in [0.2, 0.25) is 5.95 Å². The van der Waals surface area contributed by atoms with Crippen LogP contribution >= 0.6 is 11.6 Å². The van der Waals surface area contributed by atoms with Crippen molar-refractivity contribution in [2.75, 3.05) is 36.1 Å². The fraction of sp³-hybridized carbons (Fsp3) is 0.240. The topological polar surface area (TPSA) is 84.0 Å². The number of methoxy groups -OCH3 is 1. The fourth-order valence-corrected chi connectivity index (χ4v) is 3.71. The SMILES string of the molecule is COc1cc(C)cc(Nc2ccnc(NCCCCNc3ccnc4cc(Cl)ccc34)n2)c1. The molecule has 0 aliphatic rings. The van der Waals surface area contributed by atoms with E-state index in [4.69, 9.17) is 16.3 Å². The van der Waals surface area contributed by atoms with Crippen molar-refractivity contribution < 1.29 is 4.74 Å². The van der Waals surface area contributed by atoms with Gasteiger partial charge >= 0.3 is 0 Å². The highest BCUT2D eigenvalue weighted by Gasteiger charge is 2.04. The number of hydrogen-bond donors (Lipinski definition) is 3. The van der Waals surface area contributed by atoms with Crippen LogP contribution in [0, 0.1) is 6.92 Å². The van der Waals surface area contributed by atoms with Gasteiger partial charge in [0.1, 0.15) is 11.6 Å². The molecule has 170 valence electrons. The summed E-state index contributed by atoms with van der Waals surface area (Å²) in [5.41, 5.74) is 4.00. The van der Waals surface area contributed by atoms with Gasteiger partial charge in [0.15, 0.2) is 0 Å². The molecule has 0 fully saturated rings. The number of aromatic nitrogens is 3. The molecule has 0 saturated heterocycles. The number of fused-ring (bicyclic) bond motifs is 1. The lowest BCUT2D eigenvalue weighted by atomic mass is 10.2. The summed E-state index contributed by atoms with van der Waals surface area (Å²) in [4.78, 5) is 13.3. The standard InChI is InChI=1S/C25H27ClN6O/c1-17-13-19(16-20(14-17)33-2)31-24-8-12-30-25(32-24)29-10-4-3-9-27-22-7-11-28-23-15-18(26)5-6-21(22)23/h5-8,11-16H,3-4,9-10H2,1-2H3,(H,27,28)(H2,29,30,31,32). The molecule has 0 saturated carbocycles. The van der Waals surface area contributed by atoms with Crippen LogP contribution in [0.15, 0.2) is 60.9 Å². The molecule has 0 radical (unpaired) electrons. The van der Waals surface area contributed by atoms with Crippen molar-refractivity contribution in [3.63, 3.8) is 0 Å². The number of unbranched alkanes of at least 4 members (excludes halogenated alkanes) is 1. The predicted octanol–water partition coefficient (Wildman–Crippen LogP) is 6.04. The molecule has 7 nitrogen and oxygen atoms in total. The van der Waals surface area contributed by atoms with Crippen molar-refractivity contribution in [2.45, 2.75) is 19.8 Å². The lowest BCUT2D eigenvalue weighted by Crippen LogP contribution is -2.09. The van der Waals surface area contributed by atoms with Crippen LogP contribution in [0.3, 0.4) is 0 Å². The summed E-state index contributed by atoms with van der Waals surface area (Å²) >= 11 is 6.07. The number of benzene rings is 2. The molecule has 4 aromatic rings. The number of aryl methyl sites for hydroxylation is 1. The molecular formula is C25H27ClN6O. The summed E-state index contributed by atoms with van der Waals surface area (Å²) in [7, 11) is 1.66. The zero-order chi connectivity index (χ0) is 23.0. The minimum Gasteiger partial charge on any atom is -0.497 e. The van der Waals surface area contributed by atoms with E-state index in [0.717, 1.165) is 65.3 Å². The Bertz CT molecular complexity index is 1230. The minimum atomic E-state index is 0.601. The van der Waals surface area contributed by atoms with Crippen LogP contribution in [0.2, 0.25) is 5.02 Å². The Labute approximate surface area is 198 Å². The van der Waals surface area contributed by atoms with E-state index in [-0.39, 0.29) is 0 Å². The maximum absolute atomic E-state index is 6.07. The first-order valence-corrected chi connectivity index (χ1v) is 11.3. The summed E-state index contributed by atoms with van der Waals surface area (Å²) in [6, 6.07) is 15.6. The van der Waals surface area contributed by atoms with Crippen molar-refractivity contribution in [3.05, 3.63) is 71.5 Å². The van der Waals surface area contributed by atoms with Gasteiger partial charge in [0.05, 0.1) is 12.6 Å². The van der Waals surface area contributed by atoms with Crippen LogP contribution < -0.4 is 20.7 Å². The summed E-state index contributed by atoms with van der Waals surface area (Å²) in [6.07, 6.45) is 5.53. The van der Waals surface area contributed by atoms with Crippen LogP contribution in [0.1, 0.15) is 18.4 Å². The van der Waals surface area contributed by atoms with Gasteiger partial charge in [-0.3, -0.25) is 4.98 Å². The van der Waals surface area contributed by atoms with Crippen LogP contribution in [0.5, 0.6) is 5.75 Å². The molecule has 2 aromatic carbocycles. The summed E-state index contributed by atoms with van der Waals surface area (Å²) in [5, 5.41) is 11.9. The van der Waals surface area contributed by atoms with E-state index < -0.39 is 0 Å². The molecule has 0 atom stereocenters. The van der Waals surface area contributed by atoms with E-state index in [9.17, 15) is 0 Å². The number of ether oxygens (including phenoxy) is 1. The second-order valence-corrected chi connectivity index (χ2v) is 8.15. The van der Waals surface area contributed by atoms with Gasteiger partial charge in [-0.2, -0.15) is 4.98 Å². The van der Waals surface area contributed by atoms with E-state index >= 15 is 0 Å².